The second-order valence-corrected chi connectivity index (χ2v) is 5.82. The van der Waals surface area contributed by atoms with E-state index >= 15 is 0 Å². The van der Waals surface area contributed by atoms with Gasteiger partial charge in [0.05, 0.1) is 5.60 Å². The summed E-state index contributed by atoms with van der Waals surface area (Å²) in [6.45, 7) is 2.24. The topological polar surface area (TPSA) is 20.2 Å². The van der Waals surface area contributed by atoms with E-state index in [0.29, 0.717) is 0 Å². The van der Waals surface area contributed by atoms with Crippen molar-refractivity contribution in [3.63, 3.8) is 0 Å². The molecule has 0 aliphatic heterocycles. The van der Waals surface area contributed by atoms with Crippen LogP contribution in [-0.2, 0) is 6.42 Å². The van der Waals surface area contributed by atoms with Crippen LogP contribution in [0.4, 0.5) is 0 Å². The summed E-state index contributed by atoms with van der Waals surface area (Å²) in [6, 6.07) is 7.85. The fourth-order valence-electron chi connectivity index (χ4n) is 2.83. The Morgan fingerprint density at radius 3 is 2.65 bits per heavy atom. The zero-order valence-corrected chi connectivity index (χ0v) is 11.2. The third-order valence-corrected chi connectivity index (χ3v) is 4.27. The summed E-state index contributed by atoms with van der Waals surface area (Å²) in [5.41, 5.74) is 0.644. The van der Waals surface area contributed by atoms with Gasteiger partial charge in [-0.25, -0.2) is 0 Å². The molecule has 1 fully saturated rings. The molecule has 0 saturated heterocycles. The van der Waals surface area contributed by atoms with Crippen molar-refractivity contribution in [2.75, 3.05) is 0 Å². The number of aliphatic hydroxyl groups is 1. The summed E-state index contributed by atoms with van der Waals surface area (Å²) in [5, 5.41) is 11.3. The molecule has 94 valence electrons. The highest BCUT2D eigenvalue weighted by Crippen LogP contribution is 2.35. The van der Waals surface area contributed by atoms with Gasteiger partial charge in [0.25, 0.3) is 0 Å². The molecule has 1 aliphatic carbocycles. The Morgan fingerprint density at radius 1 is 1.35 bits per heavy atom. The van der Waals surface area contributed by atoms with Crippen molar-refractivity contribution >= 4 is 11.6 Å². The van der Waals surface area contributed by atoms with Gasteiger partial charge in [0.1, 0.15) is 0 Å². The minimum Gasteiger partial charge on any atom is -0.390 e. The molecule has 1 N–H and O–H groups in total. The maximum atomic E-state index is 10.6. The zero-order chi connectivity index (χ0) is 12.3. The Balaban J connectivity index is 1.99. The Hall–Kier alpha value is -0.530. The molecule has 0 spiro atoms. The second kappa shape index (κ2) is 5.41. The molecule has 0 amide bonds. The SMILES string of the molecule is CCC1CCC(O)(Cc2cccc(Cl)c2)CC1. The highest BCUT2D eigenvalue weighted by Gasteiger charge is 2.32. The van der Waals surface area contributed by atoms with E-state index in [4.69, 9.17) is 11.6 Å². The van der Waals surface area contributed by atoms with Gasteiger partial charge in [-0.2, -0.15) is 0 Å². The van der Waals surface area contributed by atoms with Crippen LogP contribution >= 0.6 is 11.6 Å². The van der Waals surface area contributed by atoms with Crippen molar-refractivity contribution < 1.29 is 5.11 Å². The number of hydrogen-bond donors (Lipinski definition) is 1. The molecule has 0 aromatic heterocycles. The molecule has 1 aromatic rings. The third-order valence-electron chi connectivity index (χ3n) is 4.04. The van der Waals surface area contributed by atoms with Crippen molar-refractivity contribution in [1.82, 2.24) is 0 Å². The van der Waals surface area contributed by atoms with Crippen molar-refractivity contribution in [3.05, 3.63) is 34.9 Å². The smallest absolute Gasteiger partial charge is 0.0688 e. The maximum Gasteiger partial charge on any atom is 0.0688 e. The summed E-state index contributed by atoms with van der Waals surface area (Å²) >= 11 is 5.97. The van der Waals surface area contributed by atoms with Crippen LogP contribution < -0.4 is 0 Å². The average molecular weight is 253 g/mol. The third kappa shape index (κ3) is 3.46. The van der Waals surface area contributed by atoms with Crippen molar-refractivity contribution in [2.24, 2.45) is 5.92 Å². The summed E-state index contributed by atoms with van der Waals surface area (Å²) in [7, 11) is 0. The van der Waals surface area contributed by atoms with Gasteiger partial charge in [0.2, 0.25) is 0 Å². The Morgan fingerprint density at radius 2 is 2.06 bits per heavy atom. The van der Waals surface area contributed by atoms with Crippen molar-refractivity contribution in [2.45, 2.75) is 51.0 Å². The molecule has 2 heteroatoms. The number of hydrogen-bond acceptors (Lipinski definition) is 1. The standard InChI is InChI=1S/C15H21ClO/c1-2-12-6-8-15(17,9-7-12)11-13-4-3-5-14(16)10-13/h3-5,10,12,17H,2,6-9,11H2,1H3. The minimum atomic E-state index is -0.504. The quantitative estimate of drug-likeness (QED) is 0.854. The Kier molecular flexibility index (Phi) is 4.11. The van der Waals surface area contributed by atoms with E-state index in [0.717, 1.165) is 48.6 Å². The molecule has 0 atom stereocenters. The van der Waals surface area contributed by atoms with Crippen LogP contribution in [0.3, 0.4) is 0 Å². The molecule has 2 rings (SSSR count). The van der Waals surface area contributed by atoms with Crippen LogP contribution in [0.25, 0.3) is 0 Å². The first kappa shape index (κ1) is 12.9. The molecule has 0 radical (unpaired) electrons. The molecule has 17 heavy (non-hydrogen) atoms. The van der Waals surface area contributed by atoms with Crippen LogP contribution in [-0.4, -0.2) is 10.7 Å². The molecule has 1 aromatic carbocycles. The first-order valence-corrected chi connectivity index (χ1v) is 6.96. The van der Waals surface area contributed by atoms with E-state index in [9.17, 15) is 5.11 Å². The maximum absolute atomic E-state index is 10.6. The van der Waals surface area contributed by atoms with Gasteiger partial charge in [0, 0.05) is 11.4 Å². The van der Waals surface area contributed by atoms with E-state index in [1.54, 1.807) is 0 Å². The van der Waals surface area contributed by atoms with E-state index in [2.05, 4.69) is 13.0 Å². The largest absolute Gasteiger partial charge is 0.390 e. The number of rotatable bonds is 3. The highest BCUT2D eigenvalue weighted by molar-refractivity contribution is 6.30. The van der Waals surface area contributed by atoms with Crippen LogP contribution in [0.15, 0.2) is 24.3 Å². The molecule has 0 unspecified atom stereocenters. The van der Waals surface area contributed by atoms with Crippen LogP contribution in [0.2, 0.25) is 5.02 Å². The molecule has 0 bridgehead atoms. The first-order chi connectivity index (χ1) is 8.11. The van der Waals surface area contributed by atoms with Gasteiger partial charge in [-0.15, -0.1) is 0 Å². The molecule has 1 aliphatic rings. The average Bonchev–Trinajstić information content (AvgIpc) is 2.29. The lowest BCUT2D eigenvalue weighted by Gasteiger charge is -2.36. The second-order valence-electron chi connectivity index (χ2n) is 5.38. The minimum absolute atomic E-state index is 0.504. The molecular weight excluding hydrogens is 232 g/mol. The predicted octanol–water partition coefficient (Wildman–Crippen LogP) is 4.21. The molecular formula is C15H21ClO. The van der Waals surface area contributed by atoms with Gasteiger partial charge in [-0.05, 0) is 49.3 Å². The fourth-order valence-corrected chi connectivity index (χ4v) is 3.04. The summed E-state index contributed by atoms with van der Waals surface area (Å²) in [5.74, 6) is 0.814. The Bertz CT molecular complexity index is 367. The summed E-state index contributed by atoms with van der Waals surface area (Å²) in [6.07, 6.45) is 6.16. The normalized spacial score (nSPS) is 29.2. The van der Waals surface area contributed by atoms with Gasteiger partial charge in [0.15, 0.2) is 0 Å². The lowest BCUT2D eigenvalue weighted by atomic mass is 9.75. The monoisotopic (exact) mass is 252 g/mol. The van der Waals surface area contributed by atoms with E-state index in [-0.39, 0.29) is 0 Å². The van der Waals surface area contributed by atoms with Crippen molar-refractivity contribution in [1.29, 1.82) is 0 Å². The molecule has 1 nitrogen and oxygen atoms in total. The molecule has 0 heterocycles. The number of benzene rings is 1. The van der Waals surface area contributed by atoms with Gasteiger partial charge >= 0.3 is 0 Å². The first-order valence-electron chi connectivity index (χ1n) is 6.58. The van der Waals surface area contributed by atoms with E-state index in [1.807, 2.05) is 18.2 Å². The van der Waals surface area contributed by atoms with Crippen LogP contribution in [0, 0.1) is 5.92 Å². The lowest BCUT2D eigenvalue weighted by Crippen LogP contribution is -2.36. The highest BCUT2D eigenvalue weighted by atomic mass is 35.5. The predicted molar refractivity (Wildman–Crippen MR) is 72.4 cm³/mol. The molecule has 1 saturated carbocycles. The fraction of sp³-hybridized carbons (Fsp3) is 0.600. The lowest BCUT2D eigenvalue weighted by molar-refractivity contribution is -0.00921. The number of halogens is 1. The van der Waals surface area contributed by atoms with E-state index in [1.165, 1.54) is 6.42 Å². The zero-order valence-electron chi connectivity index (χ0n) is 10.5. The van der Waals surface area contributed by atoms with Gasteiger partial charge in [-0.3, -0.25) is 0 Å². The Labute approximate surface area is 109 Å². The van der Waals surface area contributed by atoms with Crippen LogP contribution in [0.1, 0.15) is 44.6 Å². The van der Waals surface area contributed by atoms with Gasteiger partial charge in [-0.1, -0.05) is 37.1 Å². The summed E-state index contributed by atoms with van der Waals surface area (Å²) in [4.78, 5) is 0. The van der Waals surface area contributed by atoms with E-state index < -0.39 is 5.60 Å². The van der Waals surface area contributed by atoms with Crippen LogP contribution in [0.5, 0.6) is 0 Å². The van der Waals surface area contributed by atoms with Crippen molar-refractivity contribution in [3.8, 4) is 0 Å². The van der Waals surface area contributed by atoms with Gasteiger partial charge < -0.3 is 5.11 Å². The summed E-state index contributed by atoms with van der Waals surface area (Å²) < 4.78 is 0.